The van der Waals surface area contributed by atoms with Gasteiger partial charge in [0.25, 0.3) is 5.91 Å². The molecule has 0 radical (unpaired) electrons. The number of benzene rings is 2. The summed E-state index contributed by atoms with van der Waals surface area (Å²) in [5.41, 5.74) is 2.43. The molecule has 0 saturated carbocycles. The number of hydrogen-bond acceptors (Lipinski definition) is 6. The predicted octanol–water partition coefficient (Wildman–Crippen LogP) is 5.42. The fraction of sp³-hybridized carbons (Fsp3) is 0.385. The van der Waals surface area contributed by atoms with E-state index in [1.165, 1.54) is 23.5 Å². The molecule has 2 aromatic carbocycles. The van der Waals surface area contributed by atoms with Crippen molar-refractivity contribution in [1.29, 1.82) is 0 Å². The van der Waals surface area contributed by atoms with Crippen LogP contribution >= 0.6 is 11.3 Å². The molecular weight excluding hydrogens is 453 g/mol. The third kappa shape index (κ3) is 7.53. The molecule has 0 spiro atoms. The van der Waals surface area contributed by atoms with E-state index in [9.17, 15) is 9.18 Å². The van der Waals surface area contributed by atoms with Gasteiger partial charge in [-0.2, -0.15) is 0 Å². The minimum atomic E-state index is -0.262. The van der Waals surface area contributed by atoms with Crippen LogP contribution in [0.2, 0.25) is 0 Å². The van der Waals surface area contributed by atoms with E-state index >= 15 is 0 Å². The first kappa shape index (κ1) is 25.6. The molecule has 0 aliphatic carbocycles. The predicted molar refractivity (Wildman–Crippen MR) is 133 cm³/mol. The standard InChI is InChI=1S/C26H32FN3O3S/c1-4-5-6-13-28-26(31)23-18-34-25(29-23)17-30(15-19-7-10-21(27)11-8-19)16-20-9-12-22(32-2)14-24(20)33-3/h7-12,14,18H,4-6,13,15-17H2,1-3H3,(H,28,31). The molecule has 0 atom stereocenters. The van der Waals surface area contributed by atoms with Crippen LogP contribution in [-0.4, -0.2) is 36.6 Å². The molecule has 8 heteroatoms. The Kier molecular flexibility index (Phi) is 9.85. The summed E-state index contributed by atoms with van der Waals surface area (Å²) in [5.74, 6) is 1.05. The summed E-state index contributed by atoms with van der Waals surface area (Å²) in [6, 6.07) is 12.2. The summed E-state index contributed by atoms with van der Waals surface area (Å²) >= 11 is 1.46. The Morgan fingerprint density at radius 3 is 2.56 bits per heavy atom. The van der Waals surface area contributed by atoms with Crippen LogP contribution < -0.4 is 14.8 Å². The molecule has 182 valence electrons. The molecule has 1 heterocycles. The monoisotopic (exact) mass is 485 g/mol. The molecule has 34 heavy (non-hydrogen) atoms. The zero-order valence-corrected chi connectivity index (χ0v) is 20.8. The zero-order chi connectivity index (χ0) is 24.3. The molecule has 1 N–H and O–H groups in total. The molecule has 0 aliphatic heterocycles. The second-order valence-electron chi connectivity index (χ2n) is 8.04. The van der Waals surface area contributed by atoms with E-state index in [1.54, 1.807) is 31.7 Å². The van der Waals surface area contributed by atoms with E-state index in [0.717, 1.165) is 46.9 Å². The van der Waals surface area contributed by atoms with Gasteiger partial charge in [0.2, 0.25) is 0 Å². The topological polar surface area (TPSA) is 63.7 Å². The number of unbranched alkanes of at least 4 members (excludes halogenated alkanes) is 2. The molecule has 0 bridgehead atoms. The Balaban J connectivity index is 1.75. The smallest absolute Gasteiger partial charge is 0.270 e. The Morgan fingerprint density at radius 2 is 1.85 bits per heavy atom. The number of nitrogens with one attached hydrogen (secondary N) is 1. The van der Waals surface area contributed by atoms with Crippen molar-refractivity contribution in [3.8, 4) is 11.5 Å². The highest BCUT2D eigenvalue weighted by Crippen LogP contribution is 2.27. The van der Waals surface area contributed by atoms with Crippen molar-refractivity contribution in [2.45, 2.75) is 45.8 Å². The van der Waals surface area contributed by atoms with Gasteiger partial charge in [-0.05, 0) is 30.2 Å². The van der Waals surface area contributed by atoms with Crippen LogP contribution in [0, 0.1) is 5.82 Å². The van der Waals surface area contributed by atoms with Crippen LogP contribution in [0.1, 0.15) is 52.8 Å². The number of nitrogens with zero attached hydrogens (tertiary/aromatic N) is 2. The van der Waals surface area contributed by atoms with Crippen LogP contribution in [-0.2, 0) is 19.6 Å². The minimum Gasteiger partial charge on any atom is -0.497 e. The average molecular weight is 486 g/mol. The van der Waals surface area contributed by atoms with Gasteiger partial charge in [0, 0.05) is 36.6 Å². The number of hydrogen-bond donors (Lipinski definition) is 1. The Hall–Kier alpha value is -2.97. The maximum atomic E-state index is 13.4. The largest absolute Gasteiger partial charge is 0.497 e. The van der Waals surface area contributed by atoms with Crippen molar-refractivity contribution in [3.05, 3.63) is 75.5 Å². The first-order chi connectivity index (χ1) is 16.5. The van der Waals surface area contributed by atoms with Crippen molar-refractivity contribution >= 4 is 17.2 Å². The lowest BCUT2D eigenvalue weighted by molar-refractivity contribution is 0.0948. The zero-order valence-electron chi connectivity index (χ0n) is 20.0. The molecule has 6 nitrogen and oxygen atoms in total. The number of carbonyl (C=O) groups excluding carboxylic acids is 1. The summed E-state index contributed by atoms with van der Waals surface area (Å²) in [7, 11) is 3.25. The minimum absolute atomic E-state index is 0.138. The second kappa shape index (κ2) is 13.1. The Morgan fingerprint density at radius 1 is 1.06 bits per heavy atom. The van der Waals surface area contributed by atoms with Gasteiger partial charge in [0.1, 0.15) is 28.0 Å². The van der Waals surface area contributed by atoms with Crippen molar-refractivity contribution in [2.24, 2.45) is 0 Å². The van der Waals surface area contributed by atoms with Crippen molar-refractivity contribution in [1.82, 2.24) is 15.2 Å². The van der Waals surface area contributed by atoms with Crippen molar-refractivity contribution in [2.75, 3.05) is 20.8 Å². The number of aromatic nitrogens is 1. The van der Waals surface area contributed by atoms with Crippen molar-refractivity contribution < 1.29 is 18.7 Å². The lowest BCUT2D eigenvalue weighted by Crippen LogP contribution is -2.25. The van der Waals surface area contributed by atoms with E-state index in [2.05, 4.69) is 22.1 Å². The first-order valence-electron chi connectivity index (χ1n) is 11.4. The van der Waals surface area contributed by atoms with Gasteiger partial charge in [-0.25, -0.2) is 9.37 Å². The van der Waals surface area contributed by atoms with Gasteiger partial charge in [-0.3, -0.25) is 9.69 Å². The first-order valence-corrected chi connectivity index (χ1v) is 12.3. The van der Waals surface area contributed by atoms with Gasteiger partial charge in [-0.15, -0.1) is 11.3 Å². The summed E-state index contributed by atoms with van der Waals surface area (Å²) in [4.78, 5) is 19.2. The molecule has 3 rings (SSSR count). The summed E-state index contributed by atoms with van der Waals surface area (Å²) in [6.07, 6.45) is 3.17. The molecule has 0 unspecified atom stereocenters. The highest BCUT2D eigenvalue weighted by molar-refractivity contribution is 7.09. The van der Waals surface area contributed by atoms with Gasteiger partial charge < -0.3 is 14.8 Å². The quantitative estimate of drug-likeness (QED) is 0.328. The lowest BCUT2D eigenvalue weighted by atomic mass is 10.1. The SMILES string of the molecule is CCCCCNC(=O)c1csc(CN(Cc2ccc(F)cc2)Cc2ccc(OC)cc2OC)n1. The molecule has 0 aliphatic rings. The fourth-order valence-corrected chi connectivity index (χ4v) is 4.40. The van der Waals surface area contributed by atoms with E-state index in [4.69, 9.17) is 9.47 Å². The number of methoxy groups -OCH3 is 2. The highest BCUT2D eigenvalue weighted by Gasteiger charge is 2.16. The van der Waals surface area contributed by atoms with E-state index < -0.39 is 0 Å². The van der Waals surface area contributed by atoms with Gasteiger partial charge in [0.05, 0.1) is 20.8 Å². The molecule has 1 aromatic heterocycles. The van der Waals surface area contributed by atoms with Crippen LogP contribution in [0.15, 0.2) is 47.8 Å². The third-order valence-corrected chi connectivity index (χ3v) is 6.25. The number of halogens is 1. The molecule has 1 amide bonds. The molecular formula is C26H32FN3O3S. The van der Waals surface area contributed by atoms with E-state index in [0.29, 0.717) is 31.9 Å². The summed E-state index contributed by atoms with van der Waals surface area (Å²) < 4.78 is 24.3. The maximum Gasteiger partial charge on any atom is 0.270 e. The molecule has 0 saturated heterocycles. The van der Waals surface area contributed by atoms with Crippen LogP contribution in [0.25, 0.3) is 0 Å². The maximum absolute atomic E-state index is 13.4. The number of rotatable bonds is 13. The van der Waals surface area contributed by atoms with Crippen LogP contribution in [0.4, 0.5) is 4.39 Å². The lowest BCUT2D eigenvalue weighted by Gasteiger charge is -2.23. The highest BCUT2D eigenvalue weighted by atomic mass is 32.1. The van der Waals surface area contributed by atoms with Crippen LogP contribution in [0.5, 0.6) is 11.5 Å². The van der Waals surface area contributed by atoms with Gasteiger partial charge in [0.15, 0.2) is 0 Å². The summed E-state index contributed by atoms with van der Waals surface area (Å²) in [5, 5.41) is 5.58. The molecule has 0 fully saturated rings. The average Bonchev–Trinajstić information content (AvgIpc) is 3.32. The third-order valence-electron chi connectivity index (χ3n) is 5.42. The Bertz CT molecular complexity index is 1060. The number of carbonyl (C=O) groups is 1. The Labute approximate surface area is 204 Å². The fourth-order valence-electron chi connectivity index (χ4n) is 3.59. The van der Waals surface area contributed by atoms with Gasteiger partial charge >= 0.3 is 0 Å². The van der Waals surface area contributed by atoms with E-state index in [1.807, 2.05) is 18.2 Å². The summed E-state index contributed by atoms with van der Waals surface area (Å²) in [6.45, 7) is 4.51. The van der Waals surface area contributed by atoms with Crippen LogP contribution in [0.3, 0.4) is 0 Å². The second-order valence-corrected chi connectivity index (χ2v) is 8.98. The van der Waals surface area contributed by atoms with Gasteiger partial charge in [-0.1, -0.05) is 38.0 Å². The number of amides is 1. The van der Waals surface area contributed by atoms with E-state index in [-0.39, 0.29) is 11.7 Å². The number of ether oxygens (including phenoxy) is 2. The molecule has 3 aromatic rings. The van der Waals surface area contributed by atoms with Crippen molar-refractivity contribution in [3.63, 3.8) is 0 Å². The number of thiazole rings is 1. The normalized spacial score (nSPS) is 11.0.